The van der Waals surface area contributed by atoms with Crippen LogP contribution in [0.4, 0.5) is 0 Å². The standard InChI is InChI=1S/C28H37NO10/c1-15-3-2-10-29(12-15)13-18-20(33)11-21(38-28-27(37)26(36)25(35)22(14-30)39-28)23(24(18)34)19(32)9-6-16-4-7-17(31)8-5-16/h4-5,7-8,11,15,22,25-28,30-31,33-37H,2-3,6,9-10,12-14H2,1H3/t15?,22-,25-,26+,27-,28-/m0/s1. The number of ketones is 1. The van der Waals surface area contributed by atoms with E-state index in [9.17, 15) is 40.5 Å². The number of hydrogen-bond acceptors (Lipinski definition) is 11. The van der Waals surface area contributed by atoms with Gasteiger partial charge in [-0.1, -0.05) is 19.1 Å². The largest absolute Gasteiger partial charge is 0.508 e. The zero-order valence-corrected chi connectivity index (χ0v) is 21.8. The molecule has 11 nitrogen and oxygen atoms in total. The molecule has 39 heavy (non-hydrogen) atoms. The molecule has 0 aromatic heterocycles. The molecule has 0 bridgehead atoms. The molecule has 2 saturated heterocycles. The number of aromatic hydroxyl groups is 3. The van der Waals surface area contributed by atoms with Crippen molar-refractivity contribution in [1.82, 2.24) is 4.90 Å². The number of phenols is 3. The van der Waals surface area contributed by atoms with Gasteiger partial charge in [0.25, 0.3) is 0 Å². The molecule has 214 valence electrons. The Morgan fingerprint density at radius 1 is 1.08 bits per heavy atom. The fourth-order valence-electron chi connectivity index (χ4n) is 5.18. The first-order valence-corrected chi connectivity index (χ1v) is 13.2. The monoisotopic (exact) mass is 547 g/mol. The molecule has 4 rings (SSSR count). The molecule has 6 atom stereocenters. The number of piperidine rings is 1. The van der Waals surface area contributed by atoms with Gasteiger partial charge >= 0.3 is 0 Å². The number of aryl methyl sites for hydroxylation is 1. The lowest BCUT2D eigenvalue weighted by Gasteiger charge is -2.39. The summed E-state index contributed by atoms with van der Waals surface area (Å²) in [6.45, 7) is 3.21. The maximum absolute atomic E-state index is 13.5. The molecule has 2 aliphatic rings. The number of ether oxygens (including phenoxy) is 2. The number of aliphatic hydroxyl groups excluding tert-OH is 4. The van der Waals surface area contributed by atoms with Crippen LogP contribution >= 0.6 is 0 Å². The van der Waals surface area contributed by atoms with E-state index in [1.54, 1.807) is 12.1 Å². The third-order valence-corrected chi connectivity index (χ3v) is 7.42. The zero-order valence-electron chi connectivity index (χ0n) is 21.8. The van der Waals surface area contributed by atoms with Gasteiger partial charge in [0.15, 0.2) is 5.78 Å². The van der Waals surface area contributed by atoms with Crippen LogP contribution in [0, 0.1) is 5.92 Å². The molecule has 0 radical (unpaired) electrons. The Morgan fingerprint density at radius 3 is 2.46 bits per heavy atom. The second-order valence-corrected chi connectivity index (χ2v) is 10.5. The van der Waals surface area contributed by atoms with E-state index in [4.69, 9.17) is 9.47 Å². The number of nitrogens with zero attached hydrogens (tertiary/aromatic N) is 1. The van der Waals surface area contributed by atoms with Gasteiger partial charge in [0.05, 0.1) is 12.2 Å². The van der Waals surface area contributed by atoms with Crippen molar-refractivity contribution >= 4 is 5.78 Å². The number of phenolic OH excluding ortho intramolecular Hbond substituents is 3. The summed E-state index contributed by atoms with van der Waals surface area (Å²) in [5.74, 6) is -1.02. The topological polar surface area (TPSA) is 180 Å². The number of carbonyl (C=O) groups is 1. The molecular formula is C28H37NO10. The van der Waals surface area contributed by atoms with Gasteiger partial charge in [-0.3, -0.25) is 9.69 Å². The Bertz CT molecular complexity index is 1140. The summed E-state index contributed by atoms with van der Waals surface area (Å²) >= 11 is 0. The van der Waals surface area contributed by atoms with Gasteiger partial charge in [-0.25, -0.2) is 0 Å². The van der Waals surface area contributed by atoms with Crippen molar-refractivity contribution in [2.75, 3.05) is 19.7 Å². The van der Waals surface area contributed by atoms with E-state index < -0.39 is 48.8 Å². The van der Waals surface area contributed by atoms with Gasteiger partial charge in [-0.05, 0) is 49.4 Å². The van der Waals surface area contributed by atoms with Crippen molar-refractivity contribution in [2.24, 2.45) is 5.92 Å². The predicted octanol–water partition coefficient (Wildman–Crippen LogP) is 1.03. The lowest BCUT2D eigenvalue weighted by atomic mass is 9.96. The number of carbonyl (C=O) groups excluding carboxylic acids is 1. The number of benzene rings is 2. The molecule has 11 heteroatoms. The van der Waals surface area contributed by atoms with Crippen LogP contribution in [-0.2, 0) is 17.7 Å². The van der Waals surface area contributed by atoms with Crippen LogP contribution in [-0.4, -0.2) is 96.8 Å². The van der Waals surface area contributed by atoms with E-state index in [-0.39, 0.29) is 47.8 Å². The molecule has 0 spiro atoms. The number of Topliss-reactive ketones (excluding diaryl/α,β-unsaturated/α-hetero) is 1. The summed E-state index contributed by atoms with van der Waals surface area (Å²) < 4.78 is 11.1. The Labute approximate surface area is 226 Å². The van der Waals surface area contributed by atoms with Crippen LogP contribution in [0.2, 0.25) is 0 Å². The van der Waals surface area contributed by atoms with E-state index >= 15 is 0 Å². The molecule has 7 N–H and O–H groups in total. The number of aliphatic hydroxyl groups is 4. The molecule has 1 unspecified atom stereocenters. The molecule has 2 aliphatic heterocycles. The normalized spacial score (nSPS) is 27.8. The average molecular weight is 548 g/mol. The third-order valence-electron chi connectivity index (χ3n) is 7.42. The van der Waals surface area contributed by atoms with Gasteiger partial charge in [0.1, 0.15) is 53.0 Å². The Hall–Kier alpha value is -2.93. The lowest BCUT2D eigenvalue weighted by molar-refractivity contribution is -0.277. The maximum atomic E-state index is 13.5. The van der Waals surface area contributed by atoms with Gasteiger partial charge in [0.2, 0.25) is 6.29 Å². The van der Waals surface area contributed by atoms with Crippen LogP contribution in [0.3, 0.4) is 0 Å². The lowest BCUT2D eigenvalue weighted by Crippen LogP contribution is -2.60. The summed E-state index contributed by atoms with van der Waals surface area (Å²) in [6.07, 6.45) is -5.63. The van der Waals surface area contributed by atoms with E-state index in [1.165, 1.54) is 12.1 Å². The number of likely N-dealkylation sites (tertiary alicyclic amines) is 1. The summed E-state index contributed by atoms with van der Waals surface area (Å²) in [5, 5.41) is 71.8. The van der Waals surface area contributed by atoms with Crippen molar-refractivity contribution in [3.05, 3.63) is 47.0 Å². The van der Waals surface area contributed by atoms with Gasteiger partial charge in [-0.2, -0.15) is 0 Å². The zero-order chi connectivity index (χ0) is 28.3. The number of hydrogen-bond donors (Lipinski definition) is 7. The predicted molar refractivity (Wildman–Crippen MR) is 139 cm³/mol. The van der Waals surface area contributed by atoms with E-state index in [1.807, 2.05) is 0 Å². The first-order valence-electron chi connectivity index (χ1n) is 13.2. The molecule has 2 aromatic rings. The first kappa shape index (κ1) is 29.1. The minimum absolute atomic E-state index is 0.0473. The van der Waals surface area contributed by atoms with Crippen molar-refractivity contribution in [2.45, 2.75) is 69.9 Å². The van der Waals surface area contributed by atoms with E-state index in [0.29, 0.717) is 5.92 Å². The van der Waals surface area contributed by atoms with Crippen molar-refractivity contribution in [3.8, 4) is 23.0 Å². The minimum atomic E-state index is -1.75. The molecule has 0 amide bonds. The summed E-state index contributed by atoms with van der Waals surface area (Å²) in [6, 6.07) is 7.52. The van der Waals surface area contributed by atoms with Gasteiger partial charge in [0, 0.05) is 25.6 Å². The highest BCUT2D eigenvalue weighted by molar-refractivity contribution is 6.02. The van der Waals surface area contributed by atoms with E-state index in [0.717, 1.165) is 37.6 Å². The number of rotatable bonds is 9. The summed E-state index contributed by atoms with van der Waals surface area (Å²) in [4.78, 5) is 15.6. The fraction of sp³-hybridized carbons (Fsp3) is 0.536. The Morgan fingerprint density at radius 2 is 1.79 bits per heavy atom. The molecule has 0 saturated carbocycles. The molecule has 2 fully saturated rings. The van der Waals surface area contributed by atoms with Crippen LogP contribution in [0.25, 0.3) is 0 Å². The molecule has 0 aliphatic carbocycles. The highest BCUT2D eigenvalue weighted by Crippen LogP contribution is 2.41. The fourth-order valence-corrected chi connectivity index (χ4v) is 5.18. The third kappa shape index (κ3) is 6.63. The van der Waals surface area contributed by atoms with Crippen molar-refractivity contribution in [1.29, 1.82) is 0 Å². The summed E-state index contributed by atoms with van der Waals surface area (Å²) in [7, 11) is 0. The Balaban J connectivity index is 1.65. The van der Waals surface area contributed by atoms with Crippen LogP contribution in [0.15, 0.2) is 30.3 Å². The quantitative estimate of drug-likeness (QED) is 0.223. The second-order valence-electron chi connectivity index (χ2n) is 10.5. The molecular weight excluding hydrogens is 510 g/mol. The average Bonchev–Trinajstić information content (AvgIpc) is 2.91. The summed E-state index contributed by atoms with van der Waals surface area (Å²) in [5.41, 5.74) is 0.722. The Kier molecular flexibility index (Phi) is 9.31. The van der Waals surface area contributed by atoms with Crippen LogP contribution in [0.1, 0.15) is 47.7 Å². The first-order chi connectivity index (χ1) is 18.6. The van der Waals surface area contributed by atoms with Crippen molar-refractivity contribution in [3.63, 3.8) is 0 Å². The molecule has 2 aromatic carbocycles. The van der Waals surface area contributed by atoms with Gasteiger partial charge in [-0.15, -0.1) is 0 Å². The maximum Gasteiger partial charge on any atom is 0.229 e. The van der Waals surface area contributed by atoms with Crippen molar-refractivity contribution < 1.29 is 50.0 Å². The van der Waals surface area contributed by atoms with E-state index in [2.05, 4.69) is 11.8 Å². The van der Waals surface area contributed by atoms with Crippen LogP contribution < -0.4 is 4.74 Å². The smallest absolute Gasteiger partial charge is 0.229 e. The highest BCUT2D eigenvalue weighted by Gasteiger charge is 2.45. The second kappa shape index (κ2) is 12.5. The SMILES string of the molecule is CC1CCCN(Cc2c(O)cc(O[C@H]3O[C@@H](CO)[C@H](O)[C@@H](O)[C@@H]3O)c(C(=O)CCc3ccc(O)cc3)c2O)C1. The minimum Gasteiger partial charge on any atom is -0.508 e. The highest BCUT2D eigenvalue weighted by atomic mass is 16.7. The van der Waals surface area contributed by atoms with Crippen LogP contribution in [0.5, 0.6) is 23.0 Å². The van der Waals surface area contributed by atoms with Gasteiger partial charge < -0.3 is 45.2 Å². The molecule has 2 heterocycles.